The lowest BCUT2D eigenvalue weighted by molar-refractivity contribution is -0.101. The second kappa shape index (κ2) is 6.80. The number of amides is 2. The number of aromatic nitrogens is 5. The van der Waals surface area contributed by atoms with Gasteiger partial charge in [-0.05, 0) is 43.4 Å². The second-order valence-corrected chi connectivity index (χ2v) is 8.72. The Balaban J connectivity index is 1.43. The van der Waals surface area contributed by atoms with E-state index in [1.54, 1.807) is 43.2 Å². The summed E-state index contributed by atoms with van der Waals surface area (Å²) in [6, 6.07) is 5.29. The van der Waals surface area contributed by atoms with E-state index in [9.17, 15) is 4.79 Å². The number of nitrogens with one attached hydrogen (secondary N) is 1. The van der Waals surface area contributed by atoms with E-state index in [4.69, 9.17) is 16.1 Å². The van der Waals surface area contributed by atoms with E-state index in [2.05, 4.69) is 32.5 Å². The summed E-state index contributed by atoms with van der Waals surface area (Å²) in [4.78, 5) is 23.9. The van der Waals surface area contributed by atoms with Gasteiger partial charge in [0.15, 0.2) is 11.6 Å². The van der Waals surface area contributed by atoms with E-state index in [1.165, 1.54) is 0 Å². The summed E-state index contributed by atoms with van der Waals surface area (Å²) in [5.41, 5.74) is 0.780. The molecule has 2 aromatic heterocycles. The molecule has 2 bridgehead atoms. The molecule has 9 nitrogen and oxygen atoms in total. The molecular formula is C20H22ClN7O2. The molecule has 3 atom stereocenters. The molecule has 1 saturated carbocycles. The first-order valence-corrected chi connectivity index (χ1v) is 10.3. The number of rotatable bonds is 3. The first-order valence-electron chi connectivity index (χ1n) is 9.92. The molecule has 2 fully saturated rings. The van der Waals surface area contributed by atoms with E-state index in [-0.39, 0.29) is 12.1 Å². The van der Waals surface area contributed by atoms with Crippen LogP contribution in [0, 0.1) is 12.8 Å². The molecule has 10 heteroatoms. The lowest BCUT2D eigenvalue weighted by Crippen LogP contribution is -2.70. The number of likely N-dealkylation sites (tertiary alicyclic amines) is 1. The highest BCUT2D eigenvalue weighted by Crippen LogP contribution is 2.55. The number of piperidine rings is 1. The van der Waals surface area contributed by atoms with Crippen LogP contribution in [0.1, 0.15) is 37.9 Å². The minimum absolute atomic E-state index is 0.164. The Morgan fingerprint density at radius 2 is 2.20 bits per heavy atom. The molecular weight excluding hydrogens is 406 g/mol. The number of hydrogen-bond donors (Lipinski definition) is 1. The van der Waals surface area contributed by atoms with Crippen LogP contribution in [0.25, 0.3) is 11.4 Å². The van der Waals surface area contributed by atoms with Crippen molar-refractivity contribution >= 4 is 23.3 Å². The summed E-state index contributed by atoms with van der Waals surface area (Å²) in [6.45, 7) is 3.97. The third-order valence-electron chi connectivity index (χ3n) is 5.98. The molecule has 3 aromatic rings. The van der Waals surface area contributed by atoms with Crippen molar-refractivity contribution in [3.05, 3.63) is 41.3 Å². The molecule has 2 unspecified atom stereocenters. The van der Waals surface area contributed by atoms with Crippen molar-refractivity contribution in [1.82, 2.24) is 29.8 Å². The SMILES string of the molecule is Cc1nc(C23CC(C[C@H](C)C2)N3C(=O)Nc2ccc(Cl)c(-c3ncn(C)n3)c2)no1. The van der Waals surface area contributed by atoms with Crippen molar-refractivity contribution in [3.8, 4) is 11.4 Å². The van der Waals surface area contributed by atoms with Crippen LogP contribution in [0.2, 0.25) is 5.02 Å². The standard InChI is InChI=1S/C20H22ClN7O2/c1-11-6-14-9-20(8-11,18-23-12(2)30-26-18)28(14)19(29)24-13-4-5-16(21)15(7-13)17-22-10-27(3)25-17/h4-5,7,10-11,14H,6,8-9H2,1-3H3,(H,24,29)/t11-,14?,20?/m0/s1. The lowest BCUT2D eigenvalue weighted by Gasteiger charge is -2.61. The van der Waals surface area contributed by atoms with Gasteiger partial charge in [-0.1, -0.05) is 23.7 Å². The smallest absolute Gasteiger partial charge is 0.322 e. The first kappa shape index (κ1) is 19.0. The van der Waals surface area contributed by atoms with Crippen LogP contribution in [-0.4, -0.2) is 41.9 Å². The zero-order chi connectivity index (χ0) is 21.0. The number of hydrogen-bond acceptors (Lipinski definition) is 6. The number of nitrogens with zero attached hydrogens (tertiary/aromatic N) is 6. The van der Waals surface area contributed by atoms with Gasteiger partial charge in [0.25, 0.3) is 0 Å². The fraction of sp³-hybridized carbons (Fsp3) is 0.450. The summed E-state index contributed by atoms with van der Waals surface area (Å²) in [6.07, 6.45) is 4.25. The molecule has 1 aromatic carbocycles. The van der Waals surface area contributed by atoms with Crippen molar-refractivity contribution in [2.24, 2.45) is 13.0 Å². The van der Waals surface area contributed by atoms with Gasteiger partial charge in [-0.2, -0.15) is 10.1 Å². The van der Waals surface area contributed by atoms with Crippen molar-refractivity contribution in [2.75, 3.05) is 5.32 Å². The van der Waals surface area contributed by atoms with Gasteiger partial charge in [-0.15, -0.1) is 0 Å². The number of anilines is 1. The van der Waals surface area contributed by atoms with Gasteiger partial charge < -0.3 is 14.7 Å². The summed E-state index contributed by atoms with van der Waals surface area (Å²) in [5, 5.41) is 12.0. The zero-order valence-corrected chi connectivity index (χ0v) is 17.7. The Kier molecular flexibility index (Phi) is 4.32. The average molecular weight is 428 g/mol. The summed E-state index contributed by atoms with van der Waals surface area (Å²) in [7, 11) is 1.79. The molecule has 1 saturated heterocycles. The Morgan fingerprint density at radius 3 is 2.90 bits per heavy atom. The molecule has 30 heavy (non-hydrogen) atoms. The number of fused-ring (bicyclic) bond motifs is 2. The Labute approximate surface area is 178 Å². The summed E-state index contributed by atoms with van der Waals surface area (Å²) in [5.74, 6) is 2.09. The van der Waals surface area contributed by atoms with Crippen molar-refractivity contribution in [2.45, 2.75) is 44.7 Å². The zero-order valence-electron chi connectivity index (χ0n) is 17.0. The minimum atomic E-state index is -0.512. The maximum absolute atomic E-state index is 13.3. The minimum Gasteiger partial charge on any atom is -0.340 e. The van der Waals surface area contributed by atoms with Crippen LogP contribution in [0.4, 0.5) is 10.5 Å². The molecule has 2 aliphatic rings. The van der Waals surface area contributed by atoms with Crippen molar-refractivity contribution < 1.29 is 9.32 Å². The van der Waals surface area contributed by atoms with Crippen LogP contribution in [0.5, 0.6) is 0 Å². The van der Waals surface area contributed by atoms with E-state index in [0.29, 0.717) is 39.7 Å². The number of urea groups is 1. The molecule has 2 amide bonds. The van der Waals surface area contributed by atoms with Crippen molar-refractivity contribution in [3.63, 3.8) is 0 Å². The van der Waals surface area contributed by atoms with Crippen LogP contribution in [0.3, 0.4) is 0 Å². The number of carbonyl (C=O) groups excluding carboxylic acids is 1. The monoisotopic (exact) mass is 427 g/mol. The van der Waals surface area contributed by atoms with Crippen molar-refractivity contribution in [1.29, 1.82) is 0 Å². The predicted molar refractivity (Wildman–Crippen MR) is 110 cm³/mol. The maximum Gasteiger partial charge on any atom is 0.322 e. The predicted octanol–water partition coefficient (Wildman–Crippen LogP) is 3.76. The van der Waals surface area contributed by atoms with Crippen LogP contribution in [0.15, 0.2) is 29.0 Å². The fourth-order valence-electron chi connectivity index (χ4n) is 4.87. The number of benzene rings is 1. The molecule has 1 N–H and O–H groups in total. The van der Waals surface area contributed by atoms with Gasteiger partial charge in [-0.3, -0.25) is 4.68 Å². The second-order valence-electron chi connectivity index (χ2n) is 8.31. The number of aryl methyl sites for hydroxylation is 2. The highest BCUT2D eigenvalue weighted by molar-refractivity contribution is 6.33. The van der Waals surface area contributed by atoms with Crippen LogP contribution in [-0.2, 0) is 12.6 Å². The van der Waals surface area contributed by atoms with E-state index < -0.39 is 5.54 Å². The summed E-state index contributed by atoms with van der Waals surface area (Å²) < 4.78 is 6.83. The average Bonchev–Trinajstić information content (AvgIpc) is 3.31. The molecule has 156 valence electrons. The Morgan fingerprint density at radius 1 is 1.37 bits per heavy atom. The summed E-state index contributed by atoms with van der Waals surface area (Å²) >= 11 is 6.34. The molecule has 1 aliphatic carbocycles. The lowest BCUT2D eigenvalue weighted by atomic mass is 9.64. The van der Waals surface area contributed by atoms with Crippen LogP contribution < -0.4 is 5.32 Å². The van der Waals surface area contributed by atoms with Gasteiger partial charge in [0.05, 0.1) is 5.02 Å². The quantitative estimate of drug-likeness (QED) is 0.682. The molecule has 0 spiro atoms. The third-order valence-corrected chi connectivity index (χ3v) is 6.31. The Bertz CT molecular complexity index is 1130. The number of halogens is 1. The fourth-order valence-corrected chi connectivity index (χ4v) is 5.07. The van der Waals surface area contributed by atoms with E-state index in [1.807, 2.05) is 4.90 Å². The molecule has 5 rings (SSSR count). The highest BCUT2D eigenvalue weighted by Gasteiger charge is 2.61. The van der Waals surface area contributed by atoms with E-state index >= 15 is 0 Å². The van der Waals surface area contributed by atoms with Gasteiger partial charge in [0, 0.05) is 31.3 Å². The largest absolute Gasteiger partial charge is 0.340 e. The number of carbonyl (C=O) groups is 1. The topological polar surface area (TPSA) is 102 Å². The molecule has 1 aliphatic heterocycles. The Hall–Kier alpha value is -2.94. The molecule has 3 heterocycles. The van der Waals surface area contributed by atoms with Gasteiger partial charge >= 0.3 is 6.03 Å². The van der Waals surface area contributed by atoms with Crippen LogP contribution >= 0.6 is 11.6 Å². The van der Waals surface area contributed by atoms with Gasteiger partial charge in [0.2, 0.25) is 5.89 Å². The highest BCUT2D eigenvalue weighted by atomic mass is 35.5. The molecule has 0 radical (unpaired) electrons. The van der Waals surface area contributed by atoms with Gasteiger partial charge in [0.1, 0.15) is 11.9 Å². The third kappa shape index (κ3) is 2.96. The normalized spacial score (nSPS) is 25.1. The van der Waals surface area contributed by atoms with E-state index in [0.717, 1.165) is 19.3 Å². The maximum atomic E-state index is 13.3. The van der Waals surface area contributed by atoms with Gasteiger partial charge in [-0.25, -0.2) is 9.78 Å². The first-order chi connectivity index (χ1) is 14.4.